The Morgan fingerprint density at radius 1 is 1.03 bits per heavy atom. The molecule has 0 saturated heterocycles. The summed E-state index contributed by atoms with van der Waals surface area (Å²) in [6, 6.07) is 14.2. The van der Waals surface area contributed by atoms with Crippen LogP contribution in [0.25, 0.3) is 0 Å². The van der Waals surface area contributed by atoms with Crippen molar-refractivity contribution in [1.82, 2.24) is 4.57 Å². The van der Waals surface area contributed by atoms with Gasteiger partial charge in [0.2, 0.25) is 10.0 Å². The second-order valence-corrected chi connectivity index (χ2v) is 9.06. The summed E-state index contributed by atoms with van der Waals surface area (Å²) in [5.74, 6) is -0.494. The Labute approximate surface area is 183 Å². The van der Waals surface area contributed by atoms with Crippen molar-refractivity contribution in [1.29, 1.82) is 0 Å². The van der Waals surface area contributed by atoms with Crippen LogP contribution in [-0.4, -0.2) is 25.1 Å². The maximum atomic E-state index is 12.6. The van der Waals surface area contributed by atoms with Gasteiger partial charge in [-0.3, -0.25) is 14.3 Å². The highest BCUT2D eigenvalue weighted by atomic mass is 35.5. The van der Waals surface area contributed by atoms with Gasteiger partial charge < -0.3 is 9.88 Å². The minimum Gasteiger partial charge on any atom is -0.321 e. The lowest BCUT2D eigenvalue weighted by Gasteiger charge is -2.12. The standard InChI is InChI=1S/C20H17Cl2N3O4S/c1-30(28,29)24-18-10-13(6-8-17(18)22)20(27)23-15-7-9-19(26)25(12-15)11-14-4-2-3-5-16(14)21/h2-10,12,24H,11H2,1H3,(H,23,27). The van der Waals surface area contributed by atoms with Crippen molar-refractivity contribution in [3.63, 3.8) is 0 Å². The minimum atomic E-state index is -3.56. The Kier molecular flexibility index (Phi) is 6.50. The predicted molar refractivity (Wildman–Crippen MR) is 119 cm³/mol. The Bertz CT molecular complexity index is 1270. The van der Waals surface area contributed by atoms with Gasteiger partial charge >= 0.3 is 0 Å². The fourth-order valence-electron chi connectivity index (χ4n) is 2.69. The second-order valence-electron chi connectivity index (χ2n) is 6.50. The van der Waals surface area contributed by atoms with Gasteiger partial charge in [0.1, 0.15) is 0 Å². The summed E-state index contributed by atoms with van der Waals surface area (Å²) in [4.78, 5) is 24.8. The fourth-order valence-corrected chi connectivity index (χ4v) is 3.67. The van der Waals surface area contributed by atoms with E-state index in [-0.39, 0.29) is 28.4 Å². The molecule has 1 amide bonds. The molecule has 3 aromatic rings. The molecular weight excluding hydrogens is 449 g/mol. The molecule has 7 nitrogen and oxygen atoms in total. The van der Waals surface area contributed by atoms with Crippen LogP contribution in [0.4, 0.5) is 11.4 Å². The quantitative estimate of drug-likeness (QED) is 0.577. The number of hydrogen-bond donors (Lipinski definition) is 2. The van der Waals surface area contributed by atoms with Crippen molar-refractivity contribution in [3.05, 3.63) is 92.3 Å². The number of hydrogen-bond acceptors (Lipinski definition) is 4. The summed E-state index contributed by atoms with van der Waals surface area (Å²) in [6.45, 7) is 0.242. The molecular formula is C20H17Cl2N3O4S. The number of carbonyl (C=O) groups excluding carboxylic acids is 1. The van der Waals surface area contributed by atoms with E-state index in [0.717, 1.165) is 11.8 Å². The molecule has 0 aliphatic rings. The zero-order valence-electron chi connectivity index (χ0n) is 15.7. The first-order valence-electron chi connectivity index (χ1n) is 8.65. The molecule has 1 heterocycles. The number of rotatable bonds is 6. The van der Waals surface area contributed by atoms with Crippen LogP contribution in [0.3, 0.4) is 0 Å². The lowest BCUT2D eigenvalue weighted by atomic mass is 10.2. The van der Waals surface area contributed by atoms with E-state index in [1.807, 2.05) is 12.1 Å². The normalized spacial score (nSPS) is 11.2. The molecule has 0 aliphatic heterocycles. The van der Waals surface area contributed by atoms with Crippen LogP contribution in [0.5, 0.6) is 0 Å². The highest BCUT2D eigenvalue weighted by Crippen LogP contribution is 2.24. The van der Waals surface area contributed by atoms with Crippen molar-refractivity contribution in [3.8, 4) is 0 Å². The molecule has 2 N–H and O–H groups in total. The van der Waals surface area contributed by atoms with Gasteiger partial charge in [-0.2, -0.15) is 0 Å². The third-order valence-electron chi connectivity index (χ3n) is 4.06. The summed E-state index contributed by atoms with van der Waals surface area (Å²) in [6.07, 6.45) is 2.49. The zero-order valence-corrected chi connectivity index (χ0v) is 18.1. The molecule has 0 aliphatic carbocycles. The average molecular weight is 466 g/mol. The Hall–Kier alpha value is -2.81. The molecule has 0 unspecified atom stereocenters. The molecule has 0 spiro atoms. The van der Waals surface area contributed by atoms with Gasteiger partial charge in [0.05, 0.1) is 29.2 Å². The number of carbonyl (C=O) groups is 1. The molecule has 0 atom stereocenters. The zero-order chi connectivity index (χ0) is 21.9. The van der Waals surface area contributed by atoms with Gasteiger partial charge in [0.15, 0.2) is 0 Å². The van der Waals surface area contributed by atoms with Crippen LogP contribution in [0.2, 0.25) is 10.0 Å². The fraction of sp³-hybridized carbons (Fsp3) is 0.100. The molecule has 0 radical (unpaired) electrons. The first-order chi connectivity index (χ1) is 14.1. The lowest BCUT2D eigenvalue weighted by molar-refractivity contribution is 0.102. The van der Waals surface area contributed by atoms with Crippen LogP contribution < -0.4 is 15.6 Å². The maximum absolute atomic E-state index is 12.6. The predicted octanol–water partition coefficient (Wildman–Crippen LogP) is 3.83. The van der Waals surface area contributed by atoms with E-state index >= 15 is 0 Å². The minimum absolute atomic E-state index is 0.0931. The van der Waals surface area contributed by atoms with Crippen molar-refractivity contribution >= 4 is 50.5 Å². The van der Waals surface area contributed by atoms with Gasteiger partial charge in [-0.05, 0) is 35.9 Å². The molecule has 0 bridgehead atoms. The average Bonchev–Trinajstić information content (AvgIpc) is 2.67. The van der Waals surface area contributed by atoms with E-state index in [1.165, 1.54) is 41.1 Å². The van der Waals surface area contributed by atoms with E-state index in [1.54, 1.807) is 12.1 Å². The van der Waals surface area contributed by atoms with Gasteiger partial charge in [-0.1, -0.05) is 41.4 Å². The van der Waals surface area contributed by atoms with Crippen LogP contribution in [0.1, 0.15) is 15.9 Å². The molecule has 156 valence electrons. The SMILES string of the molecule is CS(=O)(=O)Nc1cc(C(=O)Nc2ccc(=O)n(Cc3ccccc3Cl)c2)ccc1Cl. The number of aromatic nitrogens is 1. The number of anilines is 2. The molecule has 0 fully saturated rings. The molecule has 30 heavy (non-hydrogen) atoms. The van der Waals surface area contributed by atoms with Gasteiger partial charge in [-0.25, -0.2) is 8.42 Å². The highest BCUT2D eigenvalue weighted by molar-refractivity contribution is 7.92. The number of pyridine rings is 1. The summed E-state index contributed by atoms with van der Waals surface area (Å²) in [5.41, 5.74) is 1.18. The highest BCUT2D eigenvalue weighted by Gasteiger charge is 2.13. The summed E-state index contributed by atoms with van der Waals surface area (Å²) >= 11 is 12.1. The number of nitrogens with zero attached hydrogens (tertiary/aromatic N) is 1. The Morgan fingerprint density at radius 2 is 1.77 bits per heavy atom. The molecule has 3 rings (SSSR count). The molecule has 10 heteroatoms. The van der Waals surface area contributed by atoms with Crippen molar-refractivity contribution in [2.24, 2.45) is 0 Å². The maximum Gasteiger partial charge on any atom is 0.255 e. The topological polar surface area (TPSA) is 97.3 Å². The van der Waals surface area contributed by atoms with Crippen LogP contribution in [-0.2, 0) is 16.6 Å². The third kappa shape index (κ3) is 5.63. The summed E-state index contributed by atoms with van der Waals surface area (Å²) in [5, 5.41) is 3.37. The number of sulfonamides is 1. The number of nitrogens with one attached hydrogen (secondary N) is 2. The van der Waals surface area contributed by atoms with Crippen LogP contribution in [0, 0.1) is 0 Å². The third-order valence-corrected chi connectivity index (χ3v) is 5.35. The van der Waals surface area contributed by atoms with E-state index in [4.69, 9.17) is 23.2 Å². The van der Waals surface area contributed by atoms with E-state index in [9.17, 15) is 18.0 Å². The number of amides is 1. The first kappa shape index (κ1) is 21.9. The summed E-state index contributed by atoms with van der Waals surface area (Å²) < 4.78 is 26.6. The van der Waals surface area contributed by atoms with Crippen molar-refractivity contribution in [2.75, 3.05) is 16.3 Å². The Morgan fingerprint density at radius 3 is 2.47 bits per heavy atom. The first-order valence-corrected chi connectivity index (χ1v) is 11.3. The molecule has 2 aromatic carbocycles. The van der Waals surface area contributed by atoms with Gasteiger partial charge in [-0.15, -0.1) is 0 Å². The van der Waals surface area contributed by atoms with Gasteiger partial charge in [0.25, 0.3) is 11.5 Å². The number of benzene rings is 2. The Balaban J connectivity index is 1.83. The monoisotopic (exact) mass is 465 g/mol. The van der Waals surface area contributed by atoms with E-state index in [0.29, 0.717) is 10.7 Å². The van der Waals surface area contributed by atoms with E-state index < -0.39 is 15.9 Å². The summed E-state index contributed by atoms with van der Waals surface area (Å²) in [7, 11) is -3.56. The number of halogens is 2. The molecule has 1 aromatic heterocycles. The lowest BCUT2D eigenvalue weighted by Crippen LogP contribution is -2.21. The van der Waals surface area contributed by atoms with Crippen molar-refractivity contribution < 1.29 is 13.2 Å². The smallest absolute Gasteiger partial charge is 0.255 e. The molecule has 0 saturated carbocycles. The second kappa shape index (κ2) is 8.91. The van der Waals surface area contributed by atoms with Crippen LogP contribution in [0.15, 0.2) is 65.6 Å². The van der Waals surface area contributed by atoms with Crippen molar-refractivity contribution in [2.45, 2.75) is 6.54 Å². The van der Waals surface area contributed by atoms with E-state index in [2.05, 4.69) is 10.0 Å². The van der Waals surface area contributed by atoms with Gasteiger partial charge in [0, 0.05) is 22.8 Å². The largest absolute Gasteiger partial charge is 0.321 e. The van der Waals surface area contributed by atoms with Crippen LogP contribution >= 0.6 is 23.2 Å².